The van der Waals surface area contributed by atoms with E-state index >= 15 is 0 Å². The molecule has 0 aliphatic carbocycles. The summed E-state index contributed by atoms with van der Waals surface area (Å²) >= 11 is 1.82. The third kappa shape index (κ3) is 2.42. The molecule has 0 radical (unpaired) electrons. The smallest absolute Gasteiger partial charge is 0.0247 e. The molecule has 2 aliphatic rings. The number of thiophene rings is 1. The van der Waals surface area contributed by atoms with Crippen LogP contribution in [0.5, 0.6) is 0 Å². The number of fused-ring (bicyclic) bond motifs is 2. The van der Waals surface area contributed by atoms with Gasteiger partial charge in [-0.05, 0) is 55.1 Å². The second-order valence-corrected chi connectivity index (χ2v) is 6.28. The fraction of sp³-hybridized carbons (Fsp3) is 0.714. The maximum atomic E-state index is 3.49. The summed E-state index contributed by atoms with van der Waals surface area (Å²) < 4.78 is 0. The quantitative estimate of drug-likeness (QED) is 0.887. The van der Waals surface area contributed by atoms with Crippen LogP contribution in [0.3, 0.4) is 0 Å². The van der Waals surface area contributed by atoms with E-state index in [1.807, 2.05) is 11.3 Å². The Morgan fingerprint density at radius 1 is 1.35 bits per heavy atom. The highest BCUT2D eigenvalue weighted by Gasteiger charge is 2.37. The summed E-state index contributed by atoms with van der Waals surface area (Å²) in [5.74, 6) is 0. The molecule has 2 aliphatic heterocycles. The van der Waals surface area contributed by atoms with Crippen LogP contribution in [0.4, 0.5) is 0 Å². The molecule has 3 heterocycles. The van der Waals surface area contributed by atoms with Crippen molar-refractivity contribution in [1.29, 1.82) is 0 Å². The van der Waals surface area contributed by atoms with Gasteiger partial charge in [-0.1, -0.05) is 6.42 Å². The lowest BCUT2D eigenvalue weighted by molar-refractivity contribution is 0.0191. The summed E-state index contributed by atoms with van der Waals surface area (Å²) in [7, 11) is 2.12. The summed E-state index contributed by atoms with van der Waals surface area (Å²) in [4.78, 5) is 2.78. The number of hydrogen-bond acceptors (Lipinski definition) is 3. The highest BCUT2D eigenvalue weighted by molar-refractivity contribution is 7.07. The molecule has 0 saturated carbocycles. The van der Waals surface area contributed by atoms with E-state index in [9.17, 15) is 0 Å². The first-order valence-corrected chi connectivity index (χ1v) is 7.75. The van der Waals surface area contributed by atoms with Crippen molar-refractivity contribution >= 4 is 11.3 Å². The lowest BCUT2D eigenvalue weighted by atomic mass is 9.81. The van der Waals surface area contributed by atoms with Gasteiger partial charge in [0.05, 0.1) is 0 Å². The van der Waals surface area contributed by atoms with Crippen molar-refractivity contribution in [2.75, 3.05) is 7.05 Å². The Balaban J connectivity index is 1.71. The molecule has 2 saturated heterocycles. The number of hydrogen-bond donors (Lipinski definition) is 1. The van der Waals surface area contributed by atoms with Crippen LogP contribution in [-0.4, -0.2) is 30.1 Å². The van der Waals surface area contributed by atoms with Gasteiger partial charge in [0.25, 0.3) is 0 Å². The van der Waals surface area contributed by atoms with Crippen molar-refractivity contribution in [3.8, 4) is 0 Å². The van der Waals surface area contributed by atoms with Crippen LogP contribution in [0.2, 0.25) is 0 Å². The molecule has 2 atom stereocenters. The van der Waals surface area contributed by atoms with Gasteiger partial charge in [0.1, 0.15) is 0 Å². The molecular formula is C14H22N2S. The predicted octanol–water partition coefficient (Wildman–Crippen LogP) is 2.85. The minimum absolute atomic E-state index is 0.754. The molecule has 2 nitrogen and oxygen atoms in total. The zero-order valence-corrected chi connectivity index (χ0v) is 11.4. The van der Waals surface area contributed by atoms with Crippen molar-refractivity contribution < 1.29 is 0 Å². The molecule has 1 N–H and O–H groups in total. The van der Waals surface area contributed by atoms with Crippen LogP contribution in [0.1, 0.15) is 37.7 Å². The van der Waals surface area contributed by atoms with Gasteiger partial charge < -0.3 is 5.32 Å². The van der Waals surface area contributed by atoms with Crippen LogP contribution < -0.4 is 5.32 Å². The lowest BCUT2D eigenvalue weighted by Gasteiger charge is -2.49. The zero-order chi connectivity index (χ0) is 11.7. The number of piperidine rings is 2. The van der Waals surface area contributed by atoms with Gasteiger partial charge in [-0.2, -0.15) is 11.3 Å². The normalized spacial score (nSPS) is 33.8. The topological polar surface area (TPSA) is 15.3 Å². The molecule has 94 valence electrons. The van der Waals surface area contributed by atoms with Crippen molar-refractivity contribution in [1.82, 2.24) is 10.2 Å². The average Bonchev–Trinajstić information content (AvgIpc) is 2.81. The zero-order valence-electron chi connectivity index (χ0n) is 10.6. The van der Waals surface area contributed by atoms with E-state index in [4.69, 9.17) is 0 Å². The summed E-state index contributed by atoms with van der Waals surface area (Å²) in [5, 5.41) is 7.99. The van der Waals surface area contributed by atoms with Crippen LogP contribution in [-0.2, 0) is 6.54 Å². The maximum absolute atomic E-state index is 3.49. The molecule has 0 aromatic carbocycles. The molecule has 3 heteroatoms. The highest BCUT2D eigenvalue weighted by atomic mass is 32.1. The van der Waals surface area contributed by atoms with Crippen LogP contribution in [0, 0.1) is 0 Å². The van der Waals surface area contributed by atoms with Gasteiger partial charge in [0.15, 0.2) is 0 Å². The van der Waals surface area contributed by atoms with Crippen LogP contribution in [0.15, 0.2) is 16.8 Å². The molecule has 0 spiro atoms. The second-order valence-electron chi connectivity index (χ2n) is 5.50. The lowest BCUT2D eigenvalue weighted by Crippen LogP contribution is -2.55. The Labute approximate surface area is 108 Å². The Hall–Kier alpha value is -0.380. The fourth-order valence-electron chi connectivity index (χ4n) is 3.57. The van der Waals surface area contributed by atoms with E-state index in [1.165, 1.54) is 44.2 Å². The largest absolute Gasteiger partial charge is 0.317 e. The van der Waals surface area contributed by atoms with E-state index in [0.29, 0.717) is 0 Å². The van der Waals surface area contributed by atoms with E-state index in [1.54, 1.807) is 0 Å². The molecular weight excluding hydrogens is 228 g/mol. The first kappa shape index (κ1) is 11.7. The molecule has 1 aromatic heterocycles. The van der Waals surface area contributed by atoms with Gasteiger partial charge in [-0.25, -0.2) is 0 Å². The van der Waals surface area contributed by atoms with Gasteiger partial charge in [0, 0.05) is 24.7 Å². The molecule has 0 amide bonds. The highest BCUT2D eigenvalue weighted by Crippen LogP contribution is 2.35. The minimum Gasteiger partial charge on any atom is -0.317 e. The summed E-state index contributed by atoms with van der Waals surface area (Å²) in [6.45, 7) is 1.18. The van der Waals surface area contributed by atoms with E-state index < -0.39 is 0 Å². The summed E-state index contributed by atoms with van der Waals surface area (Å²) in [6, 6.07) is 4.67. The first-order valence-electron chi connectivity index (χ1n) is 6.81. The summed E-state index contributed by atoms with van der Waals surface area (Å²) in [6.07, 6.45) is 6.93. The van der Waals surface area contributed by atoms with Crippen molar-refractivity contribution in [3.63, 3.8) is 0 Å². The minimum atomic E-state index is 0.754. The monoisotopic (exact) mass is 250 g/mol. The SMILES string of the molecule is CNC1CC2CCCC(C1)N2Cc1ccsc1. The fourth-order valence-corrected chi connectivity index (χ4v) is 4.23. The number of rotatable bonds is 3. The molecule has 3 rings (SSSR count). The van der Waals surface area contributed by atoms with Gasteiger partial charge in [-0.3, -0.25) is 4.90 Å². The third-order valence-corrected chi connectivity index (χ3v) is 5.21. The average molecular weight is 250 g/mol. The van der Waals surface area contributed by atoms with Gasteiger partial charge in [-0.15, -0.1) is 0 Å². The van der Waals surface area contributed by atoms with Crippen LogP contribution >= 0.6 is 11.3 Å². The maximum Gasteiger partial charge on any atom is 0.0247 e. The standard InChI is InChI=1S/C14H22N2S/c1-15-12-7-13-3-2-4-14(8-12)16(13)9-11-5-6-17-10-11/h5-6,10,12-15H,2-4,7-9H2,1H3. The number of nitrogens with one attached hydrogen (secondary N) is 1. The molecule has 17 heavy (non-hydrogen) atoms. The number of nitrogens with zero attached hydrogens (tertiary/aromatic N) is 1. The summed E-state index contributed by atoms with van der Waals surface area (Å²) in [5.41, 5.74) is 1.51. The molecule has 2 unspecified atom stereocenters. The van der Waals surface area contributed by atoms with E-state index in [2.05, 4.69) is 34.1 Å². The van der Waals surface area contributed by atoms with Crippen molar-refractivity contribution in [2.24, 2.45) is 0 Å². The van der Waals surface area contributed by atoms with E-state index in [-0.39, 0.29) is 0 Å². The molecule has 2 fully saturated rings. The Morgan fingerprint density at radius 2 is 2.12 bits per heavy atom. The Morgan fingerprint density at radius 3 is 2.71 bits per heavy atom. The Bertz CT molecular complexity index is 335. The third-order valence-electron chi connectivity index (χ3n) is 4.48. The van der Waals surface area contributed by atoms with Gasteiger partial charge >= 0.3 is 0 Å². The van der Waals surface area contributed by atoms with Crippen molar-refractivity contribution in [3.05, 3.63) is 22.4 Å². The predicted molar refractivity (Wildman–Crippen MR) is 73.4 cm³/mol. The Kier molecular flexibility index (Phi) is 3.50. The van der Waals surface area contributed by atoms with Gasteiger partial charge in [0.2, 0.25) is 0 Å². The molecule has 1 aromatic rings. The van der Waals surface area contributed by atoms with Crippen molar-refractivity contribution in [2.45, 2.75) is 56.8 Å². The first-order chi connectivity index (χ1) is 8.36. The van der Waals surface area contributed by atoms with Crippen LogP contribution in [0.25, 0.3) is 0 Å². The van der Waals surface area contributed by atoms with E-state index in [0.717, 1.165) is 18.1 Å². The second kappa shape index (κ2) is 5.09. The molecule has 2 bridgehead atoms.